The van der Waals surface area contributed by atoms with Gasteiger partial charge in [0.1, 0.15) is 17.3 Å². The quantitative estimate of drug-likeness (QED) is 0.0819. The smallest absolute Gasteiger partial charge is 0.269 e. The van der Waals surface area contributed by atoms with Gasteiger partial charge in [-0.25, -0.2) is 4.98 Å². The average molecular weight is 1210 g/mol. The van der Waals surface area contributed by atoms with Crippen LogP contribution in [0.15, 0.2) is 285 Å². The lowest BCUT2D eigenvalue weighted by Gasteiger charge is -2.49. The number of para-hydroxylation sites is 5. The monoisotopic (exact) mass is 1210 g/mol. The number of hydrogen-bond donors (Lipinski definition) is 0. The van der Waals surface area contributed by atoms with E-state index in [9.17, 15) is 0 Å². The average Bonchev–Trinajstić information content (AvgIpc) is 0.935. The number of anilines is 9. The van der Waals surface area contributed by atoms with E-state index in [0.717, 1.165) is 118 Å². The molecule has 0 saturated heterocycles. The topological polar surface area (TPSA) is 45.6 Å². The van der Waals surface area contributed by atoms with Gasteiger partial charge in [0.25, 0.3) is 13.0 Å². The zero-order valence-electron chi connectivity index (χ0n) is 52.8. The van der Waals surface area contributed by atoms with Gasteiger partial charge >= 0.3 is 0 Å². The maximum Gasteiger partial charge on any atom is 0.269 e. The van der Waals surface area contributed by atoms with Gasteiger partial charge in [-0.1, -0.05) is 204 Å². The zero-order chi connectivity index (χ0) is 62.7. The van der Waals surface area contributed by atoms with Crippen molar-refractivity contribution in [3.8, 4) is 50.9 Å². The summed E-state index contributed by atoms with van der Waals surface area (Å²) in [5, 5.41) is 2.24. The molecule has 8 nitrogen and oxygen atoms in total. The summed E-state index contributed by atoms with van der Waals surface area (Å²) in [5.41, 5.74) is 28.1. The van der Waals surface area contributed by atoms with Crippen LogP contribution in [0.4, 0.5) is 51.2 Å². The molecule has 12 aromatic carbocycles. The maximum absolute atomic E-state index is 7.33. The number of aromatic nitrogens is 4. The molecule has 0 aliphatic carbocycles. The highest BCUT2D eigenvalue weighted by atomic mass is 16.5. The first-order chi connectivity index (χ1) is 46.1. The van der Waals surface area contributed by atoms with Crippen molar-refractivity contribution in [1.82, 2.24) is 14.1 Å². The minimum Gasteiger partial charge on any atom is -0.458 e. The van der Waals surface area contributed by atoms with Gasteiger partial charge in [0, 0.05) is 73.9 Å². The van der Waals surface area contributed by atoms with Crippen molar-refractivity contribution in [3.63, 3.8) is 0 Å². The lowest BCUT2D eigenvalue weighted by molar-refractivity contribution is -0.571. The second-order valence-corrected chi connectivity index (χ2v) is 26.9. The van der Waals surface area contributed by atoms with Crippen molar-refractivity contribution >= 4 is 107 Å². The van der Waals surface area contributed by atoms with Gasteiger partial charge in [-0.05, 0) is 164 Å². The second kappa shape index (κ2) is 20.2. The summed E-state index contributed by atoms with van der Waals surface area (Å²) in [5.74, 6) is 2.27. The van der Waals surface area contributed by atoms with Gasteiger partial charge in [-0.2, -0.15) is 0 Å². The Kier molecular flexibility index (Phi) is 11.6. The molecule has 0 unspecified atom stereocenters. The third kappa shape index (κ3) is 7.81. The Balaban J connectivity index is 0.846. The Morgan fingerprint density at radius 1 is 0.457 bits per heavy atom. The third-order valence-electron chi connectivity index (χ3n) is 20.2. The van der Waals surface area contributed by atoms with Gasteiger partial charge in [-0.3, -0.25) is 13.7 Å². The van der Waals surface area contributed by atoms with Gasteiger partial charge in [0.15, 0.2) is 0 Å². The molecule has 446 valence electrons. The van der Waals surface area contributed by atoms with Crippen LogP contribution in [-0.2, 0) is 10.8 Å². The van der Waals surface area contributed by atoms with Crippen molar-refractivity contribution in [2.45, 2.75) is 45.4 Å². The summed E-state index contributed by atoms with van der Waals surface area (Å²) in [6.07, 6.45) is 5.97. The first-order valence-corrected chi connectivity index (χ1v) is 32.6. The molecule has 0 amide bonds. The van der Waals surface area contributed by atoms with Gasteiger partial charge < -0.3 is 19.4 Å². The second-order valence-electron chi connectivity index (χ2n) is 26.9. The van der Waals surface area contributed by atoms with Crippen LogP contribution in [0.1, 0.15) is 51.3 Å². The first kappa shape index (κ1) is 54.1. The van der Waals surface area contributed by atoms with E-state index in [0.29, 0.717) is 5.75 Å². The van der Waals surface area contributed by atoms with E-state index in [4.69, 9.17) is 9.72 Å². The molecule has 94 heavy (non-hydrogen) atoms. The summed E-state index contributed by atoms with van der Waals surface area (Å²) < 4.78 is 14.3. The molecule has 4 aliphatic heterocycles. The number of rotatable bonds is 9. The van der Waals surface area contributed by atoms with Crippen LogP contribution in [0.3, 0.4) is 0 Å². The predicted molar refractivity (Wildman–Crippen MR) is 386 cm³/mol. The molecule has 4 aliphatic rings. The Hall–Kier alpha value is -11.7. The van der Waals surface area contributed by atoms with Crippen molar-refractivity contribution < 1.29 is 9.30 Å². The largest absolute Gasteiger partial charge is 0.458 e. The Morgan fingerprint density at radius 3 is 1.60 bits per heavy atom. The molecular weight excluding hydrogens is 1150 g/mol. The highest BCUT2D eigenvalue weighted by Crippen LogP contribution is 2.55. The first-order valence-electron chi connectivity index (χ1n) is 32.6. The fourth-order valence-corrected chi connectivity index (χ4v) is 16.0. The maximum atomic E-state index is 7.33. The highest BCUT2D eigenvalue weighted by molar-refractivity contribution is 7.03. The van der Waals surface area contributed by atoms with E-state index >= 15 is 0 Å². The molecule has 0 atom stereocenters. The Morgan fingerprint density at radius 2 is 0.989 bits per heavy atom. The predicted octanol–water partition coefficient (Wildman–Crippen LogP) is 19.1. The molecule has 9 heteroatoms. The van der Waals surface area contributed by atoms with Gasteiger partial charge in [0.05, 0.1) is 39.1 Å². The van der Waals surface area contributed by atoms with E-state index in [2.05, 4.69) is 348 Å². The van der Waals surface area contributed by atoms with E-state index in [1.165, 1.54) is 44.5 Å². The fourth-order valence-electron chi connectivity index (χ4n) is 16.0. The number of imidazole rings is 1. The van der Waals surface area contributed by atoms with E-state index in [1.807, 2.05) is 6.20 Å². The third-order valence-corrected chi connectivity index (χ3v) is 20.2. The number of nitrogens with zero attached hydrogens (tertiary/aromatic N) is 7. The van der Waals surface area contributed by atoms with Crippen molar-refractivity contribution in [3.05, 3.63) is 308 Å². The molecular formula is C85H62BN7O. The summed E-state index contributed by atoms with van der Waals surface area (Å²) in [6, 6.07) is 102. The van der Waals surface area contributed by atoms with E-state index < -0.39 is 0 Å². The summed E-state index contributed by atoms with van der Waals surface area (Å²) in [6.45, 7) is 11.4. The van der Waals surface area contributed by atoms with Gasteiger partial charge in [-0.15, -0.1) is 0 Å². The van der Waals surface area contributed by atoms with E-state index in [1.54, 1.807) is 0 Å². The molecule has 3 aromatic heterocycles. The zero-order valence-corrected chi connectivity index (χ0v) is 52.8. The molecule has 0 radical (unpaired) electrons. The van der Waals surface area contributed by atoms with Crippen LogP contribution >= 0.6 is 0 Å². The van der Waals surface area contributed by atoms with Crippen molar-refractivity contribution in [2.75, 3.05) is 14.7 Å². The van der Waals surface area contributed by atoms with Crippen LogP contribution in [0, 0.1) is 6.33 Å². The number of pyridine rings is 1. The normalized spacial score (nSPS) is 13.8. The minimum atomic E-state index is -0.351. The van der Waals surface area contributed by atoms with Crippen LogP contribution in [0.5, 0.6) is 11.5 Å². The Labute approximate surface area is 546 Å². The SMILES string of the molecule is CC(C)(C)c1ccnc(-n2c3cc(Oc4ccc5c(c4)-n4[c-][n+](-c6c(-c7ccccc7)cccc6-c6ccccc6)c6cccc(c64)C5(C)C)ccc3c3c4c5c(cc32)N(c2ccccc2)c2cccc3c2B5c2c(cccc2N4c2ccccc2)N3c2ccccc2)c1. The number of ether oxygens (including phenoxy) is 1. The lowest BCUT2D eigenvalue weighted by Crippen LogP contribution is -2.64. The Bertz CT molecular complexity index is 5540. The number of hydrogen-bond acceptors (Lipinski definition) is 5. The van der Waals surface area contributed by atoms with Crippen LogP contribution in [-0.4, -0.2) is 20.8 Å². The standard InChI is InChI=1S/C85H62BN7O/c1-84(2,3)56-47-48-87-76(49-56)93-72-50-60(94-61-44-46-65-73(51-61)89-53-88(71-42-22-37-66(82(71)89)85(65,4)5)81-62(54-25-11-6-12-26-54)35-21-36-63(81)55-27-13-7-14-28-55)43-45-64(72)77-74(93)52-75-80-83(77)92(59-33-19-10-20-34-59)70-41-24-39-68-79(70)86(80)78-67(90(68)57-29-15-8-16-30-57)38-23-40-69(78)91(75)58-31-17-9-18-32-58/h6-52H,1-5H3. The molecule has 0 saturated carbocycles. The van der Waals surface area contributed by atoms with Gasteiger partial charge in [0.2, 0.25) is 0 Å². The number of benzene rings is 12. The summed E-state index contributed by atoms with van der Waals surface area (Å²) in [7, 11) is 0. The van der Waals surface area contributed by atoms with Crippen LogP contribution in [0.2, 0.25) is 0 Å². The van der Waals surface area contributed by atoms with Crippen molar-refractivity contribution in [1.29, 1.82) is 0 Å². The molecule has 15 aromatic rings. The molecule has 0 bridgehead atoms. The molecule has 0 fully saturated rings. The van der Waals surface area contributed by atoms with Crippen molar-refractivity contribution in [2.24, 2.45) is 0 Å². The molecule has 0 N–H and O–H groups in total. The van der Waals surface area contributed by atoms with E-state index in [-0.39, 0.29) is 17.5 Å². The minimum absolute atomic E-state index is 0.103. The molecule has 7 heterocycles. The van der Waals surface area contributed by atoms with Crippen LogP contribution in [0.25, 0.3) is 72.3 Å². The summed E-state index contributed by atoms with van der Waals surface area (Å²) in [4.78, 5) is 12.9. The molecule has 0 spiro atoms. The lowest BCUT2D eigenvalue weighted by atomic mass is 9.31. The highest BCUT2D eigenvalue weighted by Gasteiger charge is 2.50. The molecule has 19 rings (SSSR count). The number of fused-ring (bicyclic) bond motifs is 6. The fraction of sp³-hybridized carbons (Fsp3) is 0.0824. The van der Waals surface area contributed by atoms with Crippen LogP contribution < -0.4 is 40.4 Å². The summed E-state index contributed by atoms with van der Waals surface area (Å²) >= 11 is 0.